The Morgan fingerprint density at radius 3 is 2.68 bits per heavy atom. The minimum Gasteiger partial charge on any atom is -0.478 e. The highest BCUT2D eigenvalue weighted by Crippen LogP contribution is 2.15. The molecule has 1 unspecified atom stereocenters. The number of pyridine rings is 1. The molecule has 0 spiro atoms. The van der Waals surface area contributed by atoms with E-state index in [4.69, 9.17) is 10.8 Å². The van der Waals surface area contributed by atoms with Gasteiger partial charge in [-0.1, -0.05) is 13.8 Å². The summed E-state index contributed by atoms with van der Waals surface area (Å²) in [5.74, 6) is -0.509. The predicted molar refractivity (Wildman–Crippen MR) is 76.5 cm³/mol. The first kappa shape index (κ1) is 15.2. The van der Waals surface area contributed by atoms with E-state index in [0.29, 0.717) is 5.82 Å². The van der Waals surface area contributed by atoms with Crippen LogP contribution >= 0.6 is 0 Å². The summed E-state index contributed by atoms with van der Waals surface area (Å²) in [6.07, 6.45) is 1.37. The molecule has 0 aliphatic heterocycles. The van der Waals surface area contributed by atoms with Crippen molar-refractivity contribution in [3.8, 4) is 0 Å². The van der Waals surface area contributed by atoms with Gasteiger partial charge in [0.15, 0.2) is 0 Å². The van der Waals surface area contributed by atoms with E-state index in [1.165, 1.54) is 12.3 Å². The van der Waals surface area contributed by atoms with Gasteiger partial charge in [-0.05, 0) is 26.1 Å². The summed E-state index contributed by atoms with van der Waals surface area (Å²) >= 11 is 0. The van der Waals surface area contributed by atoms with E-state index in [2.05, 4.69) is 29.0 Å². The summed E-state index contributed by atoms with van der Waals surface area (Å²) in [7, 11) is 0. The molecule has 1 aromatic heterocycles. The van der Waals surface area contributed by atoms with Crippen molar-refractivity contribution in [2.24, 2.45) is 0 Å². The maximum absolute atomic E-state index is 11.0. The lowest BCUT2D eigenvalue weighted by atomic mass is 10.2. The van der Waals surface area contributed by atoms with Crippen LogP contribution in [-0.2, 0) is 0 Å². The van der Waals surface area contributed by atoms with E-state index in [9.17, 15) is 4.79 Å². The van der Waals surface area contributed by atoms with Crippen molar-refractivity contribution in [2.45, 2.75) is 26.8 Å². The Balaban J connectivity index is 2.71. The topological polar surface area (TPSA) is 91.5 Å². The molecule has 0 saturated carbocycles. The Morgan fingerprint density at radius 1 is 1.53 bits per heavy atom. The third kappa shape index (κ3) is 4.40. The highest BCUT2D eigenvalue weighted by molar-refractivity contribution is 5.94. The predicted octanol–water partition coefficient (Wildman–Crippen LogP) is 1.50. The molecule has 0 aliphatic rings. The number of nitrogens with one attached hydrogen (secondary N) is 1. The van der Waals surface area contributed by atoms with Gasteiger partial charge in [0, 0.05) is 12.6 Å². The molecule has 1 rings (SSSR count). The van der Waals surface area contributed by atoms with Crippen LogP contribution in [0.5, 0.6) is 0 Å². The van der Waals surface area contributed by atoms with Crippen LogP contribution in [0.25, 0.3) is 0 Å². The van der Waals surface area contributed by atoms with Crippen LogP contribution in [0.4, 0.5) is 11.5 Å². The molecule has 1 heterocycles. The first-order valence-electron chi connectivity index (χ1n) is 6.45. The van der Waals surface area contributed by atoms with Crippen molar-refractivity contribution in [1.29, 1.82) is 0 Å². The van der Waals surface area contributed by atoms with Gasteiger partial charge in [-0.3, -0.25) is 0 Å². The summed E-state index contributed by atoms with van der Waals surface area (Å²) < 4.78 is 0. The number of anilines is 2. The Labute approximate surface area is 113 Å². The number of nitrogen functional groups attached to an aromatic ring is 1. The molecule has 0 fully saturated rings. The molecule has 4 N–H and O–H groups in total. The molecule has 106 valence electrons. The van der Waals surface area contributed by atoms with Crippen LogP contribution in [-0.4, -0.2) is 46.6 Å². The summed E-state index contributed by atoms with van der Waals surface area (Å²) in [6, 6.07) is 1.65. The molecule has 1 aromatic rings. The quantitative estimate of drug-likeness (QED) is 0.693. The molecule has 0 saturated heterocycles. The molecule has 0 aromatic carbocycles. The second-order valence-corrected chi connectivity index (χ2v) is 4.49. The molecular weight excluding hydrogens is 244 g/mol. The molecule has 0 amide bonds. The molecule has 6 heteroatoms. The van der Waals surface area contributed by atoms with Crippen molar-refractivity contribution in [1.82, 2.24) is 9.88 Å². The number of aromatic carboxylic acids is 1. The lowest BCUT2D eigenvalue weighted by molar-refractivity contribution is 0.0698. The Morgan fingerprint density at radius 2 is 2.16 bits per heavy atom. The van der Waals surface area contributed by atoms with Gasteiger partial charge in [-0.25, -0.2) is 9.78 Å². The highest BCUT2D eigenvalue weighted by atomic mass is 16.4. The van der Waals surface area contributed by atoms with E-state index < -0.39 is 5.97 Å². The number of rotatable bonds is 7. The largest absolute Gasteiger partial charge is 0.478 e. The molecule has 19 heavy (non-hydrogen) atoms. The smallest absolute Gasteiger partial charge is 0.337 e. The molecule has 0 bridgehead atoms. The fraction of sp³-hybridized carbons (Fsp3) is 0.538. The second kappa shape index (κ2) is 6.94. The molecule has 0 aliphatic carbocycles. The maximum atomic E-state index is 11.0. The SMILES string of the molecule is CCN(CC)CC(C)Nc1cc(C(=O)O)c(N)cn1. The highest BCUT2D eigenvalue weighted by Gasteiger charge is 2.12. The van der Waals surface area contributed by atoms with Gasteiger partial charge in [-0.15, -0.1) is 0 Å². The van der Waals surface area contributed by atoms with Gasteiger partial charge in [0.2, 0.25) is 0 Å². The average Bonchev–Trinajstić information content (AvgIpc) is 2.37. The van der Waals surface area contributed by atoms with Crippen molar-refractivity contribution < 1.29 is 9.90 Å². The monoisotopic (exact) mass is 266 g/mol. The first-order valence-corrected chi connectivity index (χ1v) is 6.45. The average molecular weight is 266 g/mol. The van der Waals surface area contributed by atoms with Gasteiger partial charge in [0.05, 0.1) is 17.4 Å². The van der Waals surface area contributed by atoms with Gasteiger partial charge in [0.1, 0.15) is 5.82 Å². The number of carboxylic acid groups (broad SMARTS) is 1. The van der Waals surface area contributed by atoms with E-state index in [1.807, 2.05) is 6.92 Å². The number of aromatic nitrogens is 1. The van der Waals surface area contributed by atoms with Crippen LogP contribution < -0.4 is 11.1 Å². The van der Waals surface area contributed by atoms with Crippen LogP contribution in [0.3, 0.4) is 0 Å². The number of likely N-dealkylation sites (N-methyl/N-ethyl adjacent to an activating group) is 1. The standard InChI is InChI=1S/C13H22N4O2/c1-4-17(5-2)8-9(3)16-12-6-10(13(18)19)11(14)7-15-12/h6-7,9H,4-5,8,14H2,1-3H3,(H,15,16)(H,18,19). The van der Waals surface area contributed by atoms with Crippen LogP contribution in [0, 0.1) is 0 Å². The zero-order chi connectivity index (χ0) is 14.4. The second-order valence-electron chi connectivity index (χ2n) is 4.49. The summed E-state index contributed by atoms with van der Waals surface area (Å²) in [5, 5.41) is 12.2. The van der Waals surface area contributed by atoms with Gasteiger partial charge in [-0.2, -0.15) is 0 Å². The Bertz CT molecular complexity index is 433. The first-order chi connectivity index (χ1) is 8.97. The van der Waals surface area contributed by atoms with Crippen molar-refractivity contribution in [3.05, 3.63) is 17.8 Å². The van der Waals surface area contributed by atoms with Crippen LogP contribution in [0.15, 0.2) is 12.3 Å². The number of hydrogen-bond donors (Lipinski definition) is 3. The number of nitrogens with two attached hydrogens (primary N) is 1. The molecule has 6 nitrogen and oxygen atoms in total. The van der Waals surface area contributed by atoms with E-state index in [1.54, 1.807) is 0 Å². The zero-order valence-corrected chi connectivity index (χ0v) is 11.7. The molecular formula is C13H22N4O2. The van der Waals surface area contributed by atoms with Crippen molar-refractivity contribution in [3.63, 3.8) is 0 Å². The Kier molecular flexibility index (Phi) is 5.57. The van der Waals surface area contributed by atoms with E-state index >= 15 is 0 Å². The normalized spacial score (nSPS) is 12.4. The number of carbonyl (C=O) groups is 1. The fourth-order valence-corrected chi connectivity index (χ4v) is 1.90. The van der Waals surface area contributed by atoms with E-state index in [0.717, 1.165) is 19.6 Å². The fourth-order valence-electron chi connectivity index (χ4n) is 1.90. The minimum absolute atomic E-state index is 0.0764. The lowest BCUT2D eigenvalue weighted by Crippen LogP contribution is -2.35. The third-order valence-corrected chi connectivity index (χ3v) is 2.99. The van der Waals surface area contributed by atoms with Gasteiger partial charge < -0.3 is 21.1 Å². The Hall–Kier alpha value is -1.82. The number of nitrogens with zero attached hydrogens (tertiary/aromatic N) is 2. The van der Waals surface area contributed by atoms with E-state index in [-0.39, 0.29) is 17.3 Å². The van der Waals surface area contributed by atoms with Crippen molar-refractivity contribution >= 4 is 17.5 Å². The van der Waals surface area contributed by atoms with Gasteiger partial charge in [0.25, 0.3) is 0 Å². The number of hydrogen-bond acceptors (Lipinski definition) is 5. The third-order valence-electron chi connectivity index (χ3n) is 2.99. The van der Waals surface area contributed by atoms with Crippen LogP contribution in [0.2, 0.25) is 0 Å². The summed E-state index contributed by atoms with van der Waals surface area (Å²) in [4.78, 5) is 17.4. The van der Waals surface area contributed by atoms with Gasteiger partial charge >= 0.3 is 5.97 Å². The van der Waals surface area contributed by atoms with Crippen LogP contribution in [0.1, 0.15) is 31.1 Å². The maximum Gasteiger partial charge on any atom is 0.337 e. The summed E-state index contributed by atoms with van der Waals surface area (Å²) in [6.45, 7) is 9.11. The number of carboxylic acids is 1. The van der Waals surface area contributed by atoms with Crippen molar-refractivity contribution in [2.75, 3.05) is 30.7 Å². The molecule has 1 atom stereocenters. The molecule has 0 radical (unpaired) electrons. The zero-order valence-electron chi connectivity index (χ0n) is 11.7. The minimum atomic E-state index is -1.04. The lowest BCUT2D eigenvalue weighted by Gasteiger charge is -2.23. The summed E-state index contributed by atoms with van der Waals surface area (Å²) in [5.41, 5.74) is 5.82.